The molecule has 5 nitrogen and oxygen atoms in total. The molecule has 0 unspecified atom stereocenters. The van der Waals surface area contributed by atoms with Crippen LogP contribution < -0.4 is 9.47 Å². The Kier molecular flexibility index (Phi) is 4.20. The number of phenols is 1. The van der Waals surface area contributed by atoms with E-state index in [1.807, 2.05) is 47.6 Å². The summed E-state index contributed by atoms with van der Waals surface area (Å²) in [6.45, 7) is 2.55. The minimum Gasteiger partial charge on any atom is -0.507 e. The van der Waals surface area contributed by atoms with Crippen molar-refractivity contribution in [2.75, 3.05) is 6.61 Å². The van der Waals surface area contributed by atoms with E-state index in [-0.39, 0.29) is 18.0 Å². The van der Waals surface area contributed by atoms with Crippen LogP contribution in [0, 0.1) is 0 Å². The van der Waals surface area contributed by atoms with Gasteiger partial charge >= 0.3 is 0 Å². The predicted octanol–water partition coefficient (Wildman–Crippen LogP) is 5.09. The molecule has 3 aromatic rings. The fraction of sp³-hybridized carbons (Fsp3) is 0.227. The molecule has 0 bridgehead atoms. The first kappa shape index (κ1) is 17.1. The number of hydrogen-bond donors (Lipinski definition) is 1. The number of nitrogens with zero attached hydrogens (tertiary/aromatic N) is 2. The van der Waals surface area contributed by atoms with E-state index in [9.17, 15) is 5.11 Å². The third-order valence-electron chi connectivity index (χ3n) is 5.12. The van der Waals surface area contributed by atoms with Crippen LogP contribution in [0.5, 0.6) is 17.2 Å². The molecule has 3 heterocycles. The van der Waals surface area contributed by atoms with Crippen LogP contribution in [0.4, 0.5) is 0 Å². The number of ether oxygens (including phenoxy) is 2. The van der Waals surface area contributed by atoms with Crippen molar-refractivity contribution in [1.82, 2.24) is 5.01 Å². The quantitative estimate of drug-likeness (QED) is 0.672. The zero-order chi connectivity index (χ0) is 19.1. The summed E-state index contributed by atoms with van der Waals surface area (Å²) in [7, 11) is 0. The molecule has 0 aliphatic carbocycles. The monoisotopic (exact) mass is 392 g/mol. The average Bonchev–Trinajstić information content (AvgIpc) is 3.38. The van der Waals surface area contributed by atoms with Crippen LogP contribution in [0.1, 0.15) is 42.3 Å². The molecule has 0 fully saturated rings. The van der Waals surface area contributed by atoms with Crippen molar-refractivity contribution in [2.24, 2.45) is 5.10 Å². The van der Waals surface area contributed by atoms with E-state index >= 15 is 0 Å². The summed E-state index contributed by atoms with van der Waals surface area (Å²) >= 11 is 1.64. The van der Waals surface area contributed by atoms with Crippen molar-refractivity contribution in [3.63, 3.8) is 0 Å². The van der Waals surface area contributed by atoms with Gasteiger partial charge in [0.05, 0.1) is 18.4 Å². The van der Waals surface area contributed by atoms with Gasteiger partial charge < -0.3 is 14.6 Å². The molecule has 0 amide bonds. The highest BCUT2D eigenvalue weighted by Crippen LogP contribution is 2.51. The Morgan fingerprint density at radius 2 is 2.11 bits per heavy atom. The van der Waals surface area contributed by atoms with Gasteiger partial charge in [0.2, 0.25) is 6.23 Å². The molecule has 2 aliphatic rings. The number of hydrazone groups is 1. The summed E-state index contributed by atoms with van der Waals surface area (Å²) in [6.07, 6.45) is 0.373. The number of rotatable bonds is 4. The third kappa shape index (κ3) is 2.72. The molecule has 1 N–H and O–H groups in total. The SMILES string of the molecule is CCOc1cccc2c1O[C@H](c1ccsc1)N1N=C(c3ccccc3O)C[C@H]21. The maximum absolute atomic E-state index is 10.3. The van der Waals surface area contributed by atoms with E-state index in [2.05, 4.69) is 17.5 Å². The molecule has 0 radical (unpaired) electrons. The van der Waals surface area contributed by atoms with Gasteiger partial charge in [0.1, 0.15) is 5.75 Å². The molecule has 142 valence electrons. The Morgan fingerprint density at radius 3 is 2.89 bits per heavy atom. The summed E-state index contributed by atoms with van der Waals surface area (Å²) in [6, 6.07) is 15.5. The van der Waals surface area contributed by atoms with Gasteiger partial charge in [-0.2, -0.15) is 16.4 Å². The maximum atomic E-state index is 10.3. The molecule has 0 spiro atoms. The minimum atomic E-state index is -0.325. The van der Waals surface area contributed by atoms with Crippen LogP contribution in [0.25, 0.3) is 0 Å². The Morgan fingerprint density at radius 1 is 1.21 bits per heavy atom. The highest BCUT2D eigenvalue weighted by Gasteiger charge is 2.42. The Hall–Kier alpha value is -2.99. The maximum Gasteiger partial charge on any atom is 0.214 e. The van der Waals surface area contributed by atoms with Crippen LogP contribution in [0.2, 0.25) is 0 Å². The van der Waals surface area contributed by atoms with Crippen molar-refractivity contribution in [2.45, 2.75) is 25.6 Å². The van der Waals surface area contributed by atoms with Gasteiger partial charge in [-0.15, -0.1) is 0 Å². The van der Waals surface area contributed by atoms with Gasteiger partial charge in [0, 0.05) is 23.1 Å². The summed E-state index contributed by atoms with van der Waals surface area (Å²) < 4.78 is 12.3. The van der Waals surface area contributed by atoms with Crippen LogP contribution in [0.15, 0.2) is 64.4 Å². The Labute approximate surface area is 167 Å². The van der Waals surface area contributed by atoms with Gasteiger partial charge in [-0.3, -0.25) is 0 Å². The van der Waals surface area contributed by atoms with Gasteiger partial charge in [-0.25, -0.2) is 5.01 Å². The second-order valence-corrected chi connectivity index (χ2v) is 7.58. The first-order chi connectivity index (χ1) is 13.8. The highest BCUT2D eigenvalue weighted by molar-refractivity contribution is 7.07. The lowest BCUT2D eigenvalue weighted by molar-refractivity contribution is -0.0209. The van der Waals surface area contributed by atoms with Gasteiger partial charge in [-0.05, 0) is 41.9 Å². The van der Waals surface area contributed by atoms with Gasteiger partial charge in [0.25, 0.3) is 0 Å². The molecule has 2 aliphatic heterocycles. The summed E-state index contributed by atoms with van der Waals surface area (Å²) in [5.41, 5.74) is 3.76. The molecule has 1 aromatic heterocycles. The van der Waals surface area contributed by atoms with Crippen molar-refractivity contribution < 1.29 is 14.6 Å². The molecular formula is C22H20N2O3S. The average molecular weight is 392 g/mol. The number of phenolic OH excluding ortho intramolecular Hbond substituents is 1. The fourth-order valence-corrected chi connectivity index (χ4v) is 4.54. The number of para-hydroxylation sites is 2. The lowest BCUT2D eigenvalue weighted by Gasteiger charge is -2.38. The van der Waals surface area contributed by atoms with Crippen LogP contribution >= 0.6 is 11.3 Å². The van der Waals surface area contributed by atoms with E-state index in [1.54, 1.807) is 17.4 Å². The first-order valence-electron chi connectivity index (χ1n) is 9.35. The molecule has 28 heavy (non-hydrogen) atoms. The van der Waals surface area contributed by atoms with Crippen molar-refractivity contribution in [3.05, 3.63) is 76.0 Å². The number of fused-ring (bicyclic) bond motifs is 3. The zero-order valence-corrected chi connectivity index (χ0v) is 16.2. The van der Waals surface area contributed by atoms with Crippen molar-refractivity contribution in [3.8, 4) is 17.2 Å². The molecule has 2 atom stereocenters. The number of aromatic hydroxyl groups is 1. The van der Waals surface area contributed by atoms with Gasteiger partial charge in [0.15, 0.2) is 11.5 Å². The molecule has 0 saturated carbocycles. The molecular weight excluding hydrogens is 372 g/mol. The summed E-state index contributed by atoms with van der Waals surface area (Å²) in [5, 5.41) is 21.3. The molecule has 5 rings (SSSR count). The normalized spacial score (nSPS) is 20.2. The van der Waals surface area contributed by atoms with E-state index in [1.165, 1.54) is 0 Å². The lowest BCUT2D eigenvalue weighted by atomic mass is 9.95. The zero-order valence-electron chi connectivity index (χ0n) is 15.4. The summed E-state index contributed by atoms with van der Waals surface area (Å²) in [4.78, 5) is 0. The largest absolute Gasteiger partial charge is 0.507 e. The van der Waals surface area contributed by atoms with Crippen LogP contribution in [-0.2, 0) is 0 Å². The lowest BCUT2D eigenvalue weighted by Crippen LogP contribution is -2.33. The van der Waals surface area contributed by atoms with Gasteiger partial charge in [-0.1, -0.05) is 24.3 Å². The first-order valence-corrected chi connectivity index (χ1v) is 10.3. The van der Waals surface area contributed by atoms with Crippen LogP contribution in [0.3, 0.4) is 0 Å². The number of hydrogen-bond acceptors (Lipinski definition) is 6. The Bertz CT molecular complexity index is 1030. The van der Waals surface area contributed by atoms with Crippen molar-refractivity contribution in [1.29, 1.82) is 0 Å². The molecule has 6 heteroatoms. The van der Waals surface area contributed by atoms with E-state index in [4.69, 9.17) is 14.6 Å². The third-order valence-corrected chi connectivity index (χ3v) is 5.82. The van der Waals surface area contributed by atoms with E-state index in [0.717, 1.165) is 33.9 Å². The molecule has 0 saturated heterocycles. The molecule has 2 aromatic carbocycles. The van der Waals surface area contributed by atoms with Crippen LogP contribution in [-0.4, -0.2) is 22.4 Å². The topological polar surface area (TPSA) is 54.3 Å². The highest BCUT2D eigenvalue weighted by atomic mass is 32.1. The standard InChI is InChI=1S/C22H20N2O3S/c1-2-26-20-9-5-7-16-18-12-17(15-6-3-4-8-19(15)25)23-24(18)22(27-21(16)20)14-10-11-28-13-14/h3-11,13,18,22,25H,2,12H2,1H3/t18-,22-/m1/s1. The predicted molar refractivity (Wildman–Crippen MR) is 109 cm³/mol. The second-order valence-electron chi connectivity index (χ2n) is 6.80. The number of benzene rings is 2. The van der Waals surface area contributed by atoms with Crippen molar-refractivity contribution >= 4 is 17.0 Å². The van der Waals surface area contributed by atoms with E-state index < -0.39 is 0 Å². The number of thiophene rings is 1. The van der Waals surface area contributed by atoms with E-state index in [0.29, 0.717) is 13.0 Å². The minimum absolute atomic E-state index is 0.0312. The Balaban J connectivity index is 1.62. The fourth-order valence-electron chi connectivity index (χ4n) is 3.87. The second kappa shape index (κ2) is 6.87. The summed E-state index contributed by atoms with van der Waals surface area (Å²) in [5.74, 6) is 1.80. The smallest absolute Gasteiger partial charge is 0.214 e.